The molecule has 0 amide bonds. The van der Waals surface area contributed by atoms with Gasteiger partial charge < -0.3 is 5.11 Å². The molecule has 7 heteroatoms. The maximum Gasteiger partial charge on any atom is 0.347 e. The van der Waals surface area contributed by atoms with Crippen LogP contribution in [0.1, 0.15) is 29.4 Å². The summed E-state index contributed by atoms with van der Waals surface area (Å²) in [6.07, 6.45) is 1.55. The van der Waals surface area contributed by atoms with Crippen molar-refractivity contribution < 1.29 is 18.3 Å². The molecule has 1 heterocycles. The third kappa shape index (κ3) is 2.21. The van der Waals surface area contributed by atoms with Crippen LogP contribution in [0.4, 0.5) is 0 Å². The van der Waals surface area contributed by atoms with Crippen LogP contribution in [0.25, 0.3) is 10.1 Å². The third-order valence-corrected chi connectivity index (χ3v) is 6.40. The Morgan fingerprint density at radius 3 is 2.60 bits per heavy atom. The molecule has 1 aliphatic carbocycles. The summed E-state index contributed by atoms with van der Waals surface area (Å²) in [4.78, 5) is 11.1. The van der Waals surface area contributed by atoms with E-state index in [-0.39, 0.29) is 9.77 Å². The van der Waals surface area contributed by atoms with Crippen LogP contribution >= 0.6 is 11.3 Å². The second kappa shape index (κ2) is 4.28. The average Bonchev–Trinajstić information content (AvgIpc) is 2.92. The van der Waals surface area contributed by atoms with E-state index in [2.05, 4.69) is 4.72 Å². The van der Waals surface area contributed by atoms with Gasteiger partial charge in [0, 0.05) is 15.6 Å². The highest BCUT2D eigenvalue weighted by molar-refractivity contribution is 7.90. The Balaban J connectivity index is 2.23. The fourth-order valence-corrected chi connectivity index (χ4v) is 5.30. The van der Waals surface area contributed by atoms with Crippen molar-refractivity contribution in [2.24, 2.45) is 0 Å². The molecule has 0 spiro atoms. The molecular weight excluding hydrogens is 298 g/mol. The van der Waals surface area contributed by atoms with Gasteiger partial charge in [-0.3, -0.25) is 0 Å². The average molecular weight is 311 g/mol. The zero-order chi connectivity index (χ0) is 14.5. The first-order chi connectivity index (χ1) is 9.32. The molecule has 1 aromatic carbocycles. The van der Waals surface area contributed by atoms with Crippen molar-refractivity contribution in [3.05, 3.63) is 29.1 Å². The number of rotatable bonds is 4. The molecule has 3 rings (SSSR count). The van der Waals surface area contributed by atoms with Gasteiger partial charge in [0.2, 0.25) is 10.0 Å². The van der Waals surface area contributed by atoms with E-state index < -0.39 is 21.5 Å². The second-order valence-corrected chi connectivity index (χ2v) is 7.90. The maximum atomic E-state index is 12.5. The molecule has 0 bridgehead atoms. The van der Waals surface area contributed by atoms with Crippen molar-refractivity contribution in [3.8, 4) is 0 Å². The van der Waals surface area contributed by atoms with Crippen molar-refractivity contribution >= 4 is 37.4 Å². The molecule has 0 aliphatic heterocycles. The smallest absolute Gasteiger partial charge is 0.347 e. The minimum Gasteiger partial charge on any atom is -0.477 e. The summed E-state index contributed by atoms with van der Waals surface area (Å²) in [5.74, 6) is -1.22. The number of carbonyl (C=O) groups is 1. The summed E-state index contributed by atoms with van der Waals surface area (Å²) in [6.45, 7) is 1.82. The van der Waals surface area contributed by atoms with E-state index in [9.17, 15) is 18.3 Å². The Hall–Kier alpha value is -1.44. The predicted molar refractivity (Wildman–Crippen MR) is 76.7 cm³/mol. The number of fused-ring (bicyclic) bond motifs is 1. The van der Waals surface area contributed by atoms with Gasteiger partial charge >= 0.3 is 5.97 Å². The molecule has 5 nitrogen and oxygen atoms in total. The molecule has 0 saturated heterocycles. The lowest BCUT2D eigenvalue weighted by atomic mass is 10.2. The first-order valence-corrected chi connectivity index (χ1v) is 8.41. The molecule has 2 N–H and O–H groups in total. The van der Waals surface area contributed by atoms with E-state index in [0.717, 1.165) is 24.2 Å². The number of sulfonamides is 1. The van der Waals surface area contributed by atoms with Crippen LogP contribution in [0, 0.1) is 0 Å². The maximum absolute atomic E-state index is 12.5. The van der Waals surface area contributed by atoms with E-state index in [0.29, 0.717) is 10.1 Å². The first-order valence-electron chi connectivity index (χ1n) is 6.11. The normalized spacial score (nSPS) is 17.2. The van der Waals surface area contributed by atoms with E-state index in [1.54, 1.807) is 24.3 Å². The molecule has 0 radical (unpaired) electrons. The summed E-state index contributed by atoms with van der Waals surface area (Å²) in [6, 6.07) is 6.83. The number of carboxylic acid groups (broad SMARTS) is 1. The Kier molecular flexibility index (Phi) is 2.89. The largest absolute Gasteiger partial charge is 0.477 e. The van der Waals surface area contributed by atoms with Crippen LogP contribution in [0.3, 0.4) is 0 Å². The zero-order valence-corrected chi connectivity index (χ0v) is 12.3. The molecule has 20 heavy (non-hydrogen) atoms. The van der Waals surface area contributed by atoms with Crippen LogP contribution in [-0.4, -0.2) is 25.0 Å². The summed E-state index contributed by atoms with van der Waals surface area (Å²) in [5, 5.41) is 9.73. The molecule has 0 atom stereocenters. The fourth-order valence-electron chi connectivity index (χ4n) is 2.09. The quantitative estimate of drug-likeness (QED) is 0.908. The summed E-state index contributed by atoms with van der Waals surface area (Å²) in [5.41, 5.74) is -0.433. The highest BCUT2D eigenvalue weighted by atomic mass is 32.2. The molecule has 0 unspecified atom stereocenters. The number of hydrogen-bond acceptors (Lipinski definition) is 4. The third-order valence-electron chi connectivity index (χ3n) is 3.39. The van der Waals surface area contributed by atoms with Crippen molar-refractivity contribution in [3.63, 3.8) is 0 Å². The van der Waals surface area contributed by atoms with Crippen molar-refractivity contribution in [1.29, 1.82) is 0 Å². The SMILES string of the molecule is CC1(NS(=O)(=O)c2c(C(=O)O)sc3ccccc23)CC1. The van der Waals surface area contributed by atoms with Crippen LogP contribution in [0.15, 0.2) is 29.2 Å². The standard InChI is InChI=1S/C13H13NO4S2/c1-13(6-7-13)14-20(17,18)11-8-4-2-3-5-9(8)19-10(11)12(15)16/h2-5,14H,6-7H2,1H3,(H,15,16). The monoisotopic (exact) mass is 311 g/mol. The molecular formula is C13H13NO4S2. The number of thiophene rings is 1. The molecule has 1 fully saturated rings. The topological polar surface area (TPSA) is 83.5 Å². The lowest BCUT2D eigenvalue weighted by molar-refractivity contribution is 0.0698. The van der Waals surface area contributed by atoms with Gasteiger partial charge in [-0.05, 0) is 25.8 Å². The minimum absolute atomic E-state index is 0.112. The van der Waals surface area contributed by atoms with Gasteiger partial charge in [0.1, 0.15) is 9.77 Å². The number of carboxylic acids is 1. The van der Waals surface area contributed by atoms with E-state index in [4.69, 9.17) is 0 Å². The van der Waals surface area contributed by atoms with E-state index >= 15 is 0 Å². The number of nitrogens with one attached hydrogen (secondary N) is 1. The van der Waals surface area contributed by atoms with Crippen LogP contribution in [0.5, 0.6) is 0 Å². The van der Waals surface area contributed by atoms with E-state index in [1.807, 2.05) is 6.92 Å². The van der Waals surface area contributed by atoms with Gasteiger partial charge in [-0.2, -0.15) is 0 Å². The zero-order valence-electron chi connectivity index (χ0n) is 10.7. The number of hydrogen-bond donors (Lipinski definition) is 2. The van der Waals surface area contributed by atoms with Gasteiger partial charge in [0.25, 0.3) is 0 Å². The van der Waals surface area contributed by atoms with Gasteiger partial charge in [-0.25, -0.2) is 17.9 Å². The van der Waals surface area contributed by atoms with Gasteiger partial charge in [0.15, 0.2) is 0 Å². The number of benzene rings is 1. The van der Waals surface area contributed by atoms with Crippen molar-refractivity contribution in [2.75, 3.05) is 0 Å². The fraction of sp³-hybridized carbons (Fsp3) is 0.308. The van der Waals surface area contributed by atoms with Crippen LogP contribution < -0.4 is 4.72 Å². The van der Waals surface area contributed by atoms with Crippen molar-refractivity contribution in [1.82, 2.24) is 4.72 Å². The summed E-state index contributed by atoms with van der Waals surface area (Å²) in [7, 11) is -3.83. The van der Waals surface area contributed by atoms with Crippen molar-refractivity contribution in [2.45, 2.75) is 30.2 Å². The van der Waals surface area contributed by atoms with Gasteiger partial charge in [-0.15, -0.1) is 11.3 Å². The first kappa shape index (κ1) is 13.5. The minimum atomic E-state index is -3.83. The van der Waals surface area contributed by atoms with E-state index in [1.165, 1.54) is 0 Å². The van der Waals surface area contributed by atoms with Crippen LogP contribution in [-0.2, 0) is 10.0 Å². The lowest BCUT2D eigenvalue weighted by Crippen LogP contribution is -2.34. The van der Waals surface area contributed by atoms with Gasteiger partial charge in [0.05, 0.1) is 0 Å². The highest BCUT2D eigenvalue weighted by Gasteiger charge is 2.42. The highest BCUT2D eigenvalue weighted by Crippen LogP contribution is 2.39. The second-order valence-electron chi connectivity index (χ2n) is 5.23. The Bertz CT molecular complexity index is 803. The molecule has 1 aliphatic rings. The Labute approximate surface area is 120 Å². The van der Waals surface area contributed by atoms with Crippen LogP contribution in [0.2, 0.25) is 0 Å². The van der Waals surface area contributed by atoms with Gasteiger partial charge in [-0.1, -0.05) is 18.2 Å². The molecule has 1 aromatic heterocycles. The predicted octanol–water partition coefficient (Wildman–Crippen LogP) is 2.43. The molecule has 106 valence electrons. The Morgan fingerprint density at radius 2 is 2.00 bits per heavy atom. The number of aromatic carboxylic acids is 1. The molecule has 1 saturated carbocycles. The molecule has 2 aromatic rings. The Morgan fingerprint density at radius 1 is 1.35 bits per heavy atom. The lowest BCUT2D eigenvalue weighted by Gasteiger charge is -2.12. The summed E-state index contributed by atoms with van der Waals surface area (Å²) >= 11 is 0.987. The summed E-state index contributed by atoms with van der Waals surface area (Å²) < 4.78 is 28.3.